The predicted octanol–water partition coefficient (Wildman–Crippen LogP) is 2.15. The molecule has 0 spiro atoms. The van der Waals surface area contributed by atoms with Crippen molar-refractivity contribution in [2.75, 3.05) is 7.11 Å². The fourth-order valence-electron chi connectivity index (χ4n) is 1.25. The molecule has 0 saturated carbocycles. The van der Waals surface area contributed by atoms with E-state index in [9.17, 15) is 9.50 Å². The molecule has 1 atom stereocenters. The standard InChI is InChI=1S/C11H15FO2/c1-3-9(13)6-8-4-5-11(14-2)10(12)7-8/h4-5,7,9,13H,3,6H2,1-2H3/t9-/m0/s1. The van der Waals surface area contributed by atoms with Crippen LogP contribution in [0, 0.1) is 5.82 Å². The van der Waals surface area contributed by atoms with Gasteiger partial charge in [-0.3, -0.25) is 0 Å². The van der Waals surface area contributed by atoms with Crippen LogP contribution in [0.25, 0.3) is 0 Å². The fraction of sp³-hybridized carbons (Fsp3) is 0.455. The molecule has 0 aliphatic carbocycles. The van der Waals surface area contributed by atoms with Gasteiger partial charge in [-0.15, -0.1) is 0 Å². The Morgan fingerprint density at radius 2 is 2.21 bits per heavy atom. The fourth-order valence-corrected chi connectivity index (χ4v) is 1.25. The molecule has 1 rings (SSSR count). The van der Waals surface area contributed by atoms with Crippen LogP contribution in [-0.2, 0) is 6.42 Å². The topological polar surface area (TPSA) is 29.5 Å². The highest BCUT2D eigenvalue weighted by Gasteiger charge is 2.06. The van der Waals surface area contributed by atoms with Crippen LogP contribution in [0.5, 0.6) is 5.75 Å². The van der Waals surface area contributed by atoms with E-state index in [0.29, 0.717) is 12.8 Å². The van der Waals surface area contributed by atoms with Crippen molar-refractivity contribution in [1.82, 2.24) is 0 Å². The van der Waals surface area contributed by atoms with Crippen molar-refractivity contribution < 1.29 is 14.2 Å². The monoisotopic (exact) mass is 198 g/mol. The molecule has 1 aromatic rings. The van der Waals surface area contributed by atoms with E-state index in [4.69, 9.17) is 4.74 Å². The third-order valence-corrected chi connectivity index (χ3v) is 2.16. The zero-order chi connectivity index (χ0) is 10.6. The summed E-state index contributed by atoms with van der Waals surface area (Å²) in [6.07, 6.45) is 0.758. The molecule has 0 amide bonds. The number of aliphatic hydroxyl groups is 1. The first kappa shape index (κ1) is 11.0. The number of rotatable bonds is 4. The Morgan fingerprint density at radius 1 is 1.50 bits per heavy atom. The third kappa shape index (κ3) is 2.70. The van der Waals surface area contributed by atoms with Crippen molar-refractivity contribution in [3.8, 4) is 5.75 Å². The highest BCUT2D eigenvalue weighted by molar-refractivity contribution is 5.29. The number of aliphatic hydroxyl groups excluding tert-OH is 1. The van der Waals surface area contributed by atoms with Crippen LogP contribution in [-0.4, -0.2) is 18.3 Å². The van der Waals surface area contributed by atoms with Gasteiger partial charge in [0.05, 0.1) is 13.2 Å². The van der Waals surface area contributed by atoms with Gasteiger partial charge in [0.25, 0.3) is 0 Å². The van der Waals surface area contributed by atoms with E-state index >= 15 is 0 Å². The van der Waals surface area contributed by atoms with Gasteiger partial charge < -0.3 is 9.84 Å². The lowest BCUT2D eigenvalue weighted by Crippen LogP contribution is -2.08. The van der Waals surface area contributed by atoms with Crippen molar-refractivity contribution in [1.29, 1.82) is 0 Å². The van der Waals surface area contributed by atoms with Gasteiger partial charge in [0.15, 0.2) is 11.6 Å². The first-order chi connectivity index (χ1) is 6.67. The highest BCUT2D eigenvalue weighted by atomic mass is 19.1. The summed E-state index contributed by atoms with van der Waals surface area (Å²) in [5.74, 6) is -0.145. The predicted molar refractivity (Wildman–Crippen MR) is 53.0 cm³/mol. The number of hydrogen-bond donors (Lipinski definition) is 1. The quantitative estimate of drug-likeness (QED) is 0.803. The van der Waals surface area contributed by atoms with Gasteiger partial charge in [0.1, 0.15) is 0 Å². The number of benzene rings is 1. The van der Waals surface area contributed by atoms with E-state index in [1.165, 1.54) is 13.2 Å². The minimum Gasteiger partial charge on any atom is -0.494 e. The van der Waals surface area contributed by atoms with E-state index in [0.717, 1.165) is 5.56 Å². The number of ether oxygens (including phenoxy) is 1. The van der Waals surface area contributed by atoms with E-state index in [1.54, 1.807) is 12.1 Å². The third-order valence-electron chi connectivity index (χ3n) is 2.16. The van der Waals surface area contributed by atoms with Gasteiger partial charge in [0.2, 0.25) is 0 Å². The molecule has 0 unspecified atom stereocenters. The molecular formula is C11H15FO2. The molecule has 0 saturated heterocycles. The summed E-state index contributed by atoms with van der Waals surface area (Å²) < 4.78 is 18.0. The Labute approximate surface area is 83.3 Å². The van der Waals surface area contributed by atoms with Gasteiger partial charge in [0, 0.05) is 0 Å². The maximum absolute atomic E-state index is 13.2. The Bertz CT molecular complexity index is 299. The maximum atomic E-state index is 13.2. The minimum atomic E-state index is -0.400. The smallest absolute Gasteiger partial charge is 0.165 e. The lowest BCUT2D eigenvalue weighted by atomic mass is 10.1. The summed E-state index contributed by atoms with van der Waals surface area (Å²) in [6, 6.07) is 4.74. The van der Waals surface area contributed by atoms with Crippen molar-refractivity contribution in [2.45, 2.75) is 25.9 Å². The van der Waals surface area contributed by atoms with Gasteiger partial charge in [-0.1, -0.05) is 13.0 Å². The average molecular weight is 198 g/mol. The minimum absolute atomic E-state index is 0.236. The Hall–Kier alpha value is -1.09. The first-order valence-corrected chi connectivity index (χ1v) is 4.67. The Balaban J connectivity index is 2.76. The van der Waals surface area contributed by atoms with Crippen LogP contribution < -0.4 is 4.74 Å². The Kier molecular flexibility index (Phi) is 3.89. The second kappa shape index (κ2) is 4.96. The molecule has 0 fully saturated rings. The molecule has 0 radical (unpaired) electrons. The van der Waals surface area contributed by atoms with Gasteiger partial charge in [-0.2, -0.15) is 0 Å². The zero-order valence-electron chi connectivity index (χ0n) is 8.46. The first-order valence-electron chi connectivity index (χ1n) is 4.67. The highest BCUT2D eigenvalue weighted by Crippen LogP contribution is 2.18. The van der Waals surface area contributed by atoms with E-state index in [-0.39, 0.29) is 11.6 Å². The Morgan fingerprint density at radius 3 is 2.71 bits per heavy atom. The van der Waals surface area contributed by atoms with Crippen molar-refractivity contribution in [3.63, 3.8) is 0 Å². The van der Waals surface area contributed by atoms with Crippen molar-refractivity contribution in [3.05, 3.63) is 29.6 Å². The molecule has 78 valence electrons. The molecule has 0 aliphatic rings. The molecule has 1 aromatic carbocycles. The molecule has 0 aromatic heterocycles. The normalized spacial score (nSPS) is 12.6. The largest absolute Gasteiger partial charge is 0.494 e. The number of halogens is 1. The molecule has 0 heterocycles. The van der Waals surface area contributed by atoms with Crippen LogP contribution in [0.1, 0.15) is 18.9 Å². The molecular weight excluding hydrogens is 183 g/mol. The molecule has 0 aliphatic heterocycles. The summed E-state index contributed by atoms with van der Waals surface area (Å²) in [5.41, 5.74) is 0.789. The molecule has 1 N–H and O–H groups in total. The van der Waals surface area contributed by atoms with Crippen LogP contribution >= 0.6 is 0 Å². The zero-order valence-corrected chi connectivity index (χ0v) is 8.46. The molecule has 3 heteroatoms. The summed E-state index contributed by atoms with van der Waals surface area (Å²) in [6.45, 7) is 1.89. The van der Waals surface area contributed by atoms with E-state index < -0.39 is 6.10 Å². The summed E-state index contributed by atoms with van der Waals surface area (Å²) in [4.78, 5) is 0. The second-order valence-electron chi connectivity index (χ2n) is 3.24. The van der Waals surface area contributed by atoms with Crippen molar-refractivity contribution >= 4 is 0 Å². The second-order valence-corrected chi connectivity index (χ2v) is 3.24. The van der Waals surface area contributed by atoms with Gasteiger partial charge in [-0.25, -0.2) is 4.39 Å². The molecule has 0 bridgehead atoms. The molecule has 14 heavy (non-hydrogen) atoms. The van der Waals surface area contributed by atoms with Gasteiger partial charge >= 0.3 is 0 Å². The summed E-state index contributed by atoms with van der Waals surface area (Å²) in [5, 5.41) is 9.38. The van der Waals surface area contributed by atoms with Gasteiger partial charge in [-0.05, 0) is 30.5 Å². The lowest BCUT2D eigenvalue weighted by Gasteiger charge is -2.08. The van der Waals surface area contributed by atoms with E-state index in [2.05, 4.69) is 0 Å². The lowest BCUT2D eigenvalue weighted by molar-refractivity contribution is 0.170. The summed E-state index contributed by atoms with van der Waals surface area (Å²) in [7, 11) is 1.43. The molecule has 2 nitrogen and oxygen atoms in total. The SMILES string of the molecule is CC[C@H](O)Cc1ccc(OC)c(F)c1. The van der Waals surface area contributed by atoms with Crippen LogP contribution in [0.4, 0.5) is 4.39 Å². The van der Waals surface area contributed by atoms with E-state index in [1.807, 2.05) is 6.92 Å². The van der Waals surface area contributed by atoms with Crippen molar-refractivity contribution in [2.24, 2.45) is 0 Å². The van der Waals surface area contributed by atoms with Crippen LogP contribution in [0.3, 0.4) is 0 Å². The van der Waals surface area contributed by atoms with Crippen LogP contribution in [0.2, 0.25) is 0 Å². The summed E-state index contributed by atoms with van der Waals surface area (Å²) >= 11 is 0. The number of methoxy groups -OCH3 is 1. The van der Waals surface area contributed by atoms with Crippen LogP contribution in [0.15, 0.2) is 18.2 Å². The average Bonchev–Trinajstić information content (AvgIpc) is 2.18. The number of hydrogen-bond acceptors (Lipinski definition) is 2. The maximum Gasteiger partial charge on any atom is 0.165 e.